The first kappa shape index (κ1) is 15.3. The Bertz CT molecular complexity index is 523. The number of hydrogen-bond donors (Lipinski definition) is 1. The van der Waals surface area contributed by atoms with E-state index in [9.17, 15) is 5.11 Å². The molecule has 0 saturated carbocycles. The van der Waals surface area contributed by atoms with Crippen LogP contribution in [0.5, 0.6) is 0 Å². The van der Waals surface area contributed by atoms with Gasteiger partial charge in [0.2, 0.25) is 0 Å². The zero-order valence-corrected chi connectivity index (χ0v) is 13.6. The summed E-state index contributed by atoms with van der Waals surface area (Å²) in [7, 11) is 0. The van der Waals surface area contributed by atoms with Crippen LogP contribution in [0.15, 0.2) is 29.3 Å². The first-order valence-electron chi connectivity index (χ1n) is 7.75. The number of aryl methyl sites for hydroxylation is 2. The summed E-state index contributed by atoms with van der Waals surface area (Å²) in [6, 6.07) is 6.52. The Morgan fingerprint density at radius 3 is 2.45 bits per heavy atom. The van der Waals surface area contributed by atoms with E-state index < -0.39 is 0 Å². The molecule has 1 aliphatic rings. The van der Waals surface area contributed by atoms with Gasteiger partial charge in [0.05, 0.1) is 6.10 Å². The van der Waals surface area contributed by atoms with E-state index in [2.05, 4.69) is 52.8 Å². The fourth-order valence-electron chi connectivity index (χ4n) is 3.63. The molecule has 1 heteroatoms. The maximum Gasteiger partial charge on any atom is 0.0798 e. The Kier molecular flexibility index (Phi) is 4.39. The molecule has 1 unspecified atom stereocenters. The number of allylic oxidation sites excluding steroid dienone is 1. The average Bonchev–Trinajstić information content (AvgIpc) is 2.32. The zero-order valence-electron chi connectivity index (χ0n) is 13.6. The maximum atomic E-state index is 10.7. The van der Waals surface area contributed by atoms with Crippen LogP contribution in [0, 0.1) is 19.3 Å². The van der Waals surface area contributed by atoms with Crippen LogP contribution in [0.3, 0.4) is 0 Å². The molecular formula is C19H28O. The molecule has 0 fully saturated rings. The van der Waals surface area contributed by atoms with E-state index in [1.807, 2.05) is 0 Å². The molecule has 110 valence electrons. The molecule has 0 saturated heterocycles. The van der Waals surface area contributed by atoms with Crippen LogP contribution in [-0.2, 0) is 6.42 Å². The van der Waals surface area contributed by atoms with Crippen LogP contribution >= 0.6 is 0 Å². The normalized spacial score (nSPS) is 20.1. The van der Waals surface area contributed by atoms with Gasteiger partial charge in [0.15, 0.2) is 0 Å². The summed E-state index contributed by atoms with van der Waals surface area (Å²) in [5, 5.41) is 10.7. The Balaban J connectivity index is 2.22. The lowest BCUT2D eigenvalue weighted by Crippen LogP contribution is -2.30. The van der Waals surface area contributed by atoms with E-state index in [4.69, 9.17) is 0 Å². The van der Waals surface area contributed by atoms with E-state index in [1.54, 1.807) is 0 Å². The van der Waals surface area contributed by atoms with Gasteiger partial charge in [-0.3, -0.25) is 0 Å². The summed E-state index contributed by atoms with van der Waals surface area (Å²) in [6.45, 7) is 11.0. The van der Waals surface area contributed by atoms with Crippen LogP contribution in [0.2, 0.25) is 0 Å². The summed E-state index contributed by atoms with van der Waals surface area (Å²) in [4.78, 5) is 0. The second kappa shape index (κ2) is 5.73. The third kappa shape index (κ3) is 3.15. The summed E-state index contributed by atoms with van der Waals surface area (Å²) in [5.74, 6) is 0. The fraction of sp³-hybridized carbons (Fsp3) is 0.579. The molecule has 20 heavy (non-hydrogen) atoms. The highest BCUT2D eigenvalue weighted by Crippen LogP contribution is 2.42. The Morgan fingerprint density at radius 2 is 1.85 bits per heavy atom. The predicted octanol–water partition coefficient (Wildman–Crippen LogP) is 4.73. The van der Waals surface area contributed by atoms with Gasteiger partial charge in [-0.25, -0.2) is 0 Å². The third-order valence-electron chi connectivity index (χ3n) is 4.88. The zero-order chi connectivity index (χ0) is 14.9. The minimum atomic E-state index is -0.340. The molecule has 0 spiro atoms. The number of aliphatic hydroxyl groups excluding tert-OH is 1. The van der Waals surface area contributed by atoms with Crippen molar-refractivity contribution in [2.24, 2.45) is 5.41 Å². The second-order valence-electron chi connectivity index (χ2n) is 7.07. The van der Waals surface area contributed by atoms with Gasteiger partial charge in [0, 0.05) is 6.42 Å². The quantitative estimate of drug-likeness (QED) is 0.788. The van der Waals surface area contributed by atoms with E-state index in [0.29, 0.717) is 0 Å². The molecule has 1 nitrogen and oxygen atoms in total. The lowest BCUT2D eigenvalue weighted by atomic mass is 9.70. The Labute approximate surface area is 123 Å². The van der Waals surface area contributed by atoms with Crippen LogP contribution in [0.4, 0.5) is 0 Å². The third-order valence-corrected chi connectivity index (χ3v) is 4.88. The summed E-state index contributed by atoms with van der Waals surface area (Å²) >= 11 is 0. The van der Waals surface area contributed by atoms with E-state index in [0.717, 1.165) is 12.8 Å². The average molecular weight is 272 g/mol. The largest absolute Gasteiger partial charge is 0.388 e. The summed E-state index contributed by atoms with van der Waals surface area (Å²) in [5.41, 5.74) is 6.68. The number of hydrogen-bond acceptors (Lipinski definition) is 1. The SMILES string of the molecule is CC1=C(C(O)Cc2ccc(C)c(C)c2)C(C)(C)CCC1. The van der Waals surface area contributed by atoms with Gasteiger partial charge in [0.1, 0.15) is 0 Å². The lowest BCUT2D eigenvalue weighted by Gasteiger charge is -2.37. The molecule has 2 rings (SSSR count). The highest BCUT2D eigenvalue weighted by molar-refractivity contribution is 5.33. The molecule has 0 amide bonds. The minimum Gasteiger partial charge on any atom is -0.388 e. The van der Waals surface area contributed by atoms with Gasteiger partial charge in [0.25, 0.3) is 0 Å². The van der Waals surface area contributed by atoms with E-state index >= 15 is 0 Å². The van der Waals surface area contributed by atoms with Gasteiger partial charge in [-0.15, -0.1) is 0 Å². The van der Waals surface area contributed by atoms with Crippen molar-refractivity contribution in [3.63, 3.8) is 0 Å². The molecular weight excluding hydrogens is 244 g/mol. The highest BCUT2D eigenvalue weighted by atomic mass is 16.3. The standard InChI is InChI=1S/C19H28O/c1-13-8-9-16(11-15(13)3)12-17(20)18-14(2)7-6-10-19(18,4)5/h8-9,11,17,20H,6-7,10,12H2,1-5H3. The minimum absolute atomic E-state index is 0.140. The smallest absolute Gasteiger partial charge is 0.0798 e. The molecule has 1 atom stereocenters. The Morgan fingerprint density at radius 1 is 1.15 bits per heavy atom. The molecule has 0 bridgehead atoms. The Hall–Kier alpha value is -1.08. The first-order chi connectivity index (χ1) is 9.31. The van der Waals surface area contributed by atoms with Crippen LogP contribution in [0.1, 0.15) is 56.7 Å². The number of rotatable bonds is 3. The maximum absolute atomic E-state index is 10.7. The monoisotopic (exact) mass is 272 g/mol. The molecule has 0 aliphatic heterocycles. The molecule has 1 aliphatic carbocycles. The number of aliphatic hydroxyl groups is 1. The van der Waals surface area contributed by atoms with E-state index in [1.165, 1.54) is 40.7 Å². The molecule has 0 radical (unpaired) electrons. The van der Waals surface area contributed by atoms with E-state index in [-0.39, 0.29) is 11.5 Å². The van der Waals surface area contributed by atoms with Gasteiger partial charge in [-0.1, -0.05) is 37.6 Å². The number of benzene rings is 1. The van der Waals surface area contributed by atoms with Crippen molar-refractivity contribution in [1.82, 2.24) is 0 Å². The lowest BCUT2D eigenvalue weighted by molar-refractivity contribution is 0.168. The predicted molar refractivity (Wildman–Crippen MR) is 86.0 cm³/mol. The van der Waals surface area contributed by atoms with Crippen LogP contribution < -0.4 is 0 Å². The highest BCUT2D eigenvalue weighted by Gasteiger charge is 2.32. The van der Waals surface area contributed by atoms with Gasteiger partial charge in [-0.05, 0) is 67.7 Å². The second-order valence-corrected chi connectivity index (χ2v) is 7.07. The van der Waals surface area contributed by atoms with Gasteiger partial charge < -0.3 is 5.11 Å². The fourth-order valence-corrected chi connectivity index (χ4v) is 3.63. The molecule has 1 aromatic carbocycles. The van der Waals surface area contributed by atoms with Crippen LogP contribution in [0.25, 0.3) is 0 Å². The molecule has 0 heterocycles. The van der Waals surface area contributed by atoms with Gasteiger partial charge >= 0.3 is 0 Å². The van der Waals surface area contributed by atoms with Crippen molar-refractivity contribution in [2.45, 2.75) is 66.4 Å². The van der Waals surface area contributed by atoms with Crippen molar-refractivity contribution in [2.75, 3.05) is 0 Å². The van der Waals surface area contributed by atoms with Crippen molar-refractivity contribution in [3.05, 3.63) is 46.0 Å². The summed E-state index contributed by atoms with van der Waals surface area (Å²) < 4.78 is 0. The molecule has 1 aromatic rings. The molecule has 0 aromatic heterocycles. The summed E-state index contributed by atoms with van der Waals surface area (Å²) in [6.07, 6.45) is 3.97. The van der Waals surface area contributed by atoms with Gasteiger partial charge in [-0.2, -0.15) is 0 Å². The van der Waals surface area contributed by atoms with Crippen molar-refractivity contribution in [3.8, 4) is 0 Å². The topological polar surface area (TPSA) is 20.2 Å². The molecule has 1 N–H and O–H groups in total. The van der Waals surface area contributed by atoms with Crippen molar-refractivity contribution < 1.29 is 5.11 Å². The van der Waals surface area contributed by atoms with Crippen LogP contribution in [-0.4, -0.2) is 11.2 Å². The first-order valence-corrected chi connectivity index (χ1v) is 7.75. The van der Waals surface area contributed by atoms with Crippen molar-refractivity contribution in [1.29, 1.82) is 0 Å². The van der Waals surface area contributed by atoms with Crippen molar-refractivity contribution >= 4 is 0 Å².